The lowest BCUT2D eigenvalue weighted by atomic mass is 10.1. The Morgan fingerprint density at radius 2 is 1.60 bits per heavy atom. The lowest BCUT2D eigenvalue weighted by Crippen LogP contribution is -2.35. The molecular weight excluding hydrogens is 483 g/mol. The Bertz CT molecular complexity index is 1600. The minimum absolute atomic E-state index is 0.0417. The fourth-order valence-corrected chi connectivity index (χ4v) is 4.11. The van der Waals surface area contributed by atoms with Gasteiger partial charge in [0.15, 0.2) is 9.84 Å². The summed E-state index contributed by atoms with van der Waals surface area (Å²) < 4.78 is 64.0. The molecule has 0 bridgehead atoms. The molecule has 0 atom stereocenters. The molecule has 0 unspecified atom stereocenters. The van der Waals surface area contributed by atoms with Crippen LogP contribution in [0.15, 0.2) is 88.6 Å². The number of benzene rings is 3. The number of carbonyl (C=O) groups excluding carboxylic acids is 1. The van der Waals surface area contributed by atoms with Gasteiger partial charge in [-0.1, -0.05) is 24.3 Å². The number of pyridine rings is 1. The molecule has 35 heavy (non-hydrogen) atoms. The summed E-state index contributed by atoms with van der Waals surface area (Å²) in [6.07, 6.45) is -3.55. The standard InChI is InChI=1S/C24H18F3N3O4S/c1-35(33,34)19-11-9-17(10-12-19)28-29-22(31)20-13-15-5-2-3-8-21(15)30(23(20)32)18-7-4-6-16(14-18)24(25,26)27/h2-14,28H,1H3,(H,29,31). The first-order valence-corrected chi connectivity index (χ1v) is 12.0. The van der Waals surface area contributed by atoms with Gasteiger partial charge in [0, 0.05) is 11.9 Å². The van der Waals surface area contributed by atoms with Gasteiger partial charge in [-0.2, -0.15) is 13.2 Å². The Balaban J connectivity index is 1.72. The largest absolute Gasteiger partial charge is 0.416 e. The van der Waals surface area contributed by atoms with E-state index in [2.05, 4.69) is 10.9 Å². The highest BCUT2D eigenvalue weighted by Gasteiger charge is 2.31. The predicted octanol–water partition coefficient (Wildman–Crippen LogP) is 4.17. The maximum Gasteiger partial charge on any atom is 0.416 e. The van der Waals surface area contributed by atoms with Crippen LogP contribution in [0.2, 0.25) is 0 Å². The summed E-state index contributed by atoms with van der Waals surface area (Å²) in [6.45, 7) is 0. The summed E-state index contributed by atoms with van der Waals surface area (Å²) in [5.41, 5.74) is 3.55. The molecule has 11 heteroatoms. The molecular formula is C24H18F3N3O4S. The quantitative estimate of drug-likeness (QED) is 0.400. The minimum Gasteiger partial charge on any atom is -0.298 e. The maximum absolute atomic E-state index is 13.3. The van der Waals surface area contributed by atoms with Crippen LogP contribution in [0.25, 0.3) is 16.6 Å². The molecule has 1 aromatic heterocycles. The lowest BCUT2D eigenvalue weighted by molar-refractivity contribution is -0.137. The first kappa shape index (κ1) is 24.0. The number of fused-ring (bicyclic) bond motifs is 1. The number of rotatable bonds is 5. The van der Waals surface area contributed by atoms with Gasteiger partial charge in [-0.05, 0) is 60.0 Å². The van der Waals surface area contributed by atoms with Crippen molar-refractivity contribution in [2.75, 3.05) is 11.7 Å². The average Bonchev–Trinajstić information content (AvgIpc) is 2.81. The molecule has 3 aromatic carbocycles. The number of sulfone groups is 1. The van der Waals surface area contributed by atoms with E-state index in [-0.39, 0.29) is 16.1 Å². The summed E-state index contributed by atoms with van der Waals surface area (Å²) in [7, 11) is -3.39. The van der Waals surface area contributed by atoms with E-state index < -0.39 is 33.0 Å². The van der Waals surface area contributed by atoms with Crippen LogP contribution in [0, 0.1) is 0 Å². The number of anilines is 1. The summed E-state index contributed by atoms with van der Waals surface area (Å²) in [6, 6.07) is 17.7. The summed E-state index contributed by atoms with van der Waals surface area (Å²) >= 11 is 0. The zero-order valence-electron chi connectivity index (χ0n) is 18.1. The number of hydrazine groups is 1. The smallest absolute Gasteiger partial charge is 0.298 e. The Kier molecular flexibility index (Phi) is 6.12. The molecule has 7 nitrogen and oxygen atoms in total. The van der Waals surface area contributed by atoms with Gasteiger partial charge in [0.25, 0.3) is 11.5 Å². The van der Waals surface area contributed by atoms with Crippen LogP contribution in [0.1, 0.15) is 15.9 Å². The van der Waals surface area contributed by atoms with Gasteiger partial charge in [-0.15, -0.1) is 0 Å². The van der Waals surface area contributed by atoms with Crippen molar-refractivity contribution in [3.63, 3.8) is 0 Å². The number of hydrogen-bond donors (Lipinski definition) is 2. The number of carbonyl (C=O) groups is 1. The first-order valence-electron chi connectivity index (χ1n) is 10.1. The third kappa shape index (κ3) is 5.04. The van der Waals surface area contributed by atoms with Gasteiger partial charge < -0.3 is 0 Å². The first-order chi connectivity index (χ1) is 16.4. The third-order valence-electron chi connectivity index (χ3n) is 5.19. The van der Waals surface area contributed by atoms with Crippen molar-refractivity contribution in [3.05, 3.63) is 100 Å². The van der Waals surface area contributed by atoms with Gasteiger partial charge in [0.1, 0.15) is 5.56 Å². The van der Waals surface area contributed by atoms with Crippen LogP contribution in [-0.2, 0) is 16.0 Å². The second-order valence-electron chi connectivity index (χ2n) is 7.68. The van der Waals surface area contributed by atoms with Crippen LogP contribution in [0.3, 0.4) is 0 Å². The highest BCUT2D eigenvalue weighted by Crippen LogP contribution is 2.30. The maximum atomic E-state index is 13.3. The van der Waals surface area contributed by atoms with Crippen LogP contribution in [0.5, 0.6) is 0 Å². The average molecular weight is 501 g/mol. The highest BCUT2D eigenvalue weighted by atomic mass is 32.2. The van der Waals surface area contributed by atoms with Crippen molar-refractivity contribution in [2.24, 2.45) is 0 Å². The number of amides is 1. The molecule has 0 spiro atoms. The van der Waals surface area contributed by atoms with E-state index in [0.717, 1.165) is 23.0 Å². The Morgan fingerprint density at radius 1 is 0.914 bits per heavy atom. The second-order valence-corrected chi connectivity index (χ2v) is 9.70. The van der Waals surface area contributed by atoms with Crippen molar-refractivity contribution >= 4 is 32.3 Å². The molecule has 0 aliphatic heterocycles. The zero-order chi connectivity index (χ0) is 25.4. The second kappa shape index (κ2) is 8.91. The van der Waals surface area contributed by atoms with Gasteiger partial charge in [-0.25, -0.2) is 8.42 Å². The van der Waals surface area contributed by atoms with Gasteiger partial charge >= 0.3 is 6.18 Å². The van der Waals surface area contributed by atoms with Crippen molar-refractivity contribution in [1.29, 1.82) is 0 Å². The van der Waals surface area contributed by atoms with E-state index in [9.17, 15) is 31.2 Å². The normalized spacial score (nSPS) is 11.9. The van der Waals surface area contributed by atoms with E-state index >= 15 is 0 Å². The number of alkyl halides is 3. The van der Waals surface area contributed by atoms with Crippen molar-refractivity contribution in [1.82, 2.24) is 9.99 Å². The van der Waals surface area contributed by atoms with Crippen molar-refractivity contribution in [3.8, 4) is 5.69 Å². The molecule has 0 saturated heterocycles. The fourth-order valence-electron chi connectivity index (χ4n) is 3.48. The fraction of sp³-hybridized carbons (Fsp3) is 0.0833. The number of hydrogen-bond acceptors (Lipinski definition) is 5. The molecule has 0 fully saturated rings. The Morgan fingerprint density at radius 3 is 2.26 bits per heavy atom. The van der Waals surface area contributed by atoms with Crippen molar-refractivity contribution < 1.29 is 26.4 Å². The molecule has 0 aliphatic carbocycles. The van der Waals surface area contributed by atoms with Crippen LogP contribution < -0.4 is 16.4 Å². The molecule has 0 radical (unpaired) electrons. The number of aromatic nitrogens is 1. The van der Waals surface area contributed by atoms with Crippen LogP contribution in [-0.4, -0.2) is 25.1 Å². The van der Waals surface area contributed by atoms with Gasteiger partial charge in [0.05, 0.1) is 21.7 Å². The summed E-state index contributed by atoms with van der Waals surface area (Å²) in [5.74, 6) is -0.825. The number of nitrogens with zero attached hydrogens (tertiary/aromatic N) is 1. The Labute approximate surface area is 197 Å². The predicted molar refractivity (Wildman–Crippen MR) is 125 cm³/mol. The molecule has 2 N–H and O–H groups in total. The zero-order valence-corrected chi connectivity index (χ0v) is 18.9. The minimum atomic E-state index is -4.61. The number of halogens is 3. The molecule has 1 heterocycles. The monoisotopic (exact) mass is 501 g/mol. The summed E-state index contributed by atoms with van der Waals surface area (Å²) in [5, 5.41) is 0.465. The molecule has 0 aliphatic rings. The molecule has 4 aromatic rings. The third-order valence-corrected chi connectivity index (χ3v) is 6.32. The lowest BCUT2D eigenvalue weighted by Gasteiger charge is -2.15. The van der Waals surface area contributed by atoms with E-state index in [1.807, 2.05) is 0 Å². The van der Waals surface area contributed by atoms with Gasteiger partial charge in [0.2, 0.25) is 0 Å². The van der Waals surface area contributed by atoms with Gasteiger partial charge in [-0.3, -0.25) is 25.0 Å². The van der Waals surface area contributed by atoms with E-state index in [4.69, 9.17) is 0 Å². The van der Waals surface area contributed by atoms with Crippen LogP contribution >= 0.6 is 0 Å². The van der Waals surface area contributed by atoms with Crippen molar-refractivity contribution in [2.45, 2.75) is 11.1 Å². The molecule has 1 amide bonds. The van der Waals surface area contributed by atoms with Crippen LogP contribution in [0.4, 0.5) is 18.9 Å². The molecule has 4 rings (SSSR count). The molecule has 0 saturated carbocycles. The SMILES string of the molecule is CS(=O)(=O)c1ccc(NNC(=O)c2cc3ccccc3n(-c3cccc(C(F)(F)F)c3)c2=O)cc1. The Hall–Kier alpha value is -4.12. The molecule has 180 valence electrons. The van der Waals surface area contributed by atoms with E-state index in [1.54, 1.807) is 24.3 Å². The van der Waals surface area contributed by atoms with E-state index in [1.165, 1.54) is 42.5 Å². The number of para-hydroxylation sites is 1. The topological polar surface area (TPSA) is 97.3 Å². The highest BCUT2D eigenvalue weighted by molar-refractivity contribution is 7.90. The van der Waals surface area contributed by atoms with E-state index in [0.29, 0.717) is 16.6 Å². The summed E-state index contributed by atoms with van der Waals surface area (Å²) in [4.78, 5) is 26.2. The number of nitrogens with one attached hydrogen (secondary N) is 2.